The second kappa shape index (κ2) is 5.72. The van der Waals surface area contributed by atoms with Crippen LogP contribution in [-0.2, 0) is 14.8 Å². The summed E-state index contributed by atoms with van der Waals surface area (Å²) in [4.78, 5) is 12.2. The normalized spacial score (nSPS) is 11.0. The Hall–Kier alpha value is -1.76. The van der Waals surface area contributed by atoms with Crippen LogP contribution in [0.3, 0.4) is 0 Å². The average molecular weight is 272 g/mol. The first-order valence-electron chi connectivity index (χ1n) is 5.30. The van der Waals surface area contributed by atoms with Crippen LogP contribution < -0.4 is 9.62 Å². The minimum atomic E-state index is -3.62. The Morgan fingerprint density at radius 2 is 2.06 bits per heavy atom. The lowest BCUT2D eigenvalue weighted by Crippen LogP contribution is -2.19. The van der Waals surface area contributed by atoms with E-state index in [1.165, 1.54) is 0 Å². The molecule has 100 valence electrons. The predicted octanol–water partition coefficient (Wildman–Crippen LogP) is 0.969. The summed E-state index contributed by atoms with van der Waals surface area (Å²) in [5, 5.41) is 8.46. The van der Waals surface area contributed by atoms with E-state index in [-0.39, 0.29) is 0 Å². The van der Waals surface area contributed by atoms with Crippen molar-refractivity contribution in [3.8, 4) is 0 Å². The number of carbonyl (C=O) groups is 1. The molecule has 0 fully saturated rings. The number of hydrogen-bond acceptors (Lipinski definition) is 4. The highest BCUT2D eigenvalue weighted by molar-refractivity contribution is 7.92. The molecule has 0 aliphatic carbocycles. The molecule has 2 N–H and O–H groups in total. The van der Waals surface area contributed by atoms with Gasteiger partial charge in [0.2, 0.25) is 10.0 Å². The van der Waals surface area contributed by atoms with Gasteiger partial charge in [-0.3, -0.25) is 9.52 Å². The Morgan fingerprint density at radius 3 is 2.61 bits per heavy atom. The van der Waals surface area contributed by atoms with Crippen molar-refractivity contribution in [1.82, 2.24) is 0 Å². The van der Waals surface area contributed by atoms with Crippen molar-refractivity contribution in [3.05, 3.63) is 24.3 Å². The van der Waals surface area contributed by atoms with Crippen LogP contribution in [0.5, 0.6) is 0 Å². The fourth-order valence-electron chi connectivity index (χ4n) is 1.30. The number of rotatable bonds is 6. The Balaban J connectivity index is 2.77. The summed E-state index contributed by atoms with van der Waals surface area (Å²) in [7, 11) is 0.0690. The van der Waals surface area contributed by atoms with Gasteiger partial charge in [0, 0.05) is 19.8 Å². The fraction of sp³-hybridized carbons (Fsp3) is 0.364. The molecule has 0 aliphatic heterocycles. The minimum Gasteiger partial charge on any atom is -0.481 e. The molecule has 0 spiro atoms. The highest BCUT2D eigenvalue weighted by Gasteiger charge is 2.13. The number of carboxylic acids is 1. The molecule has 0 amide bonds. The number of nitrogens with zero attached hydrogens (tertiary/aromatic N) is 1. The van der Waals surface area contributed by atoms with Gasteiger partial charge in [-0.2, -0.15) is 0 Å². The average Bonchev–Trinajstić information content (AvgIpc) is 2.26. The topological polar surface area (TPSA) is 86.7 Å². The smallest absolute Gasteiger partial charge is 0.304 e. The van der Waals surface area contributed by atoms with Gasteiger partial charge in [-0.15, -0.1) is 0 Å². The summed E-state index contributed by atoms with van der Waals surface area (Å²) in [6.07, 6.45) is -0.414. The number of carboxylic acid groups (broad SMARTS) is 1. The van der Waals surface area contributed by atoms with E-state index >= 15 is 0 Å². The van der Waals surface area contributed by atoms with E-state index in [0.717, 1.165) is 5.69 Å². The molecule has 18 heavy (non-hydrogen) atoms. The van der Waals surface area contributed by atoms with Crippen LogP contribution in [0, 0.1) is 0 Å². The van der Waals surface area contributed by atoms with Crippen molar-refractivity contribution < 1.29 is 18.3 Å². The van der Waals surface area contributed by atoms with Gasteiger partial charge in [0.05, 0.1) is 17.9 Å². The van der Waals surface area contributed by atoms with Crippen molar-refractivity contribution in [1.29, 1.82) is 0 Å². The molecule has 1 aromatic carbocycles. The van der Waals surface area contributed by atoms with Crippen LogP contribution in [0.15, 0.2) is 24.3 Å². The molecule has 1 rings (SSSR count). The zero-order valence-electron chi connectivity index (χ0n) is 10.3. The van der Waals surface area contributed by atoms with Gasteiger partial charge >= 0.3 is 5.97 Å². The second-order valence-electron chi connectivity index (χ2n) is 4.01. The monoisotopic (exact) mass is 272 g/mol. The quantitative estimate of drug-likeness (QED) is 0.805. The first-order chi connectivity index (χ1) is 8.30. The van der Waals surface area contributed by atoms with Crippen molar-refractivity contribution >= 4 is 27.4 Å². The van der Waals surface area contributed by atoms with Crippen molar-refractivity contribution in [2.45, 2.75) is 6.42 Å². The summed E-state index contributed by atoms with van der Waals surface area (Å²) in [6.45, 7) is 0. The third-order valence-corrected chi connectivity index (χ3v) is 3.51. The molecule has 0 radical (unpaired) electrons. The van der Waals surface area contributed by atoms with Crippen molar-refractivity contribution in [2.24, 2.45) is 0 Å². The van der Waals surface area contributed by atoms with Crippen molar-refractivity contribution in [2.75, 3.05) is 29.5 Å². The molecule has 0 bridgehead atoms. The summed E-state index contributed by atoms with van der Waals surface area (Å²) >= 11 is 0. The van der Waals surface area contributed by atoms with Crippen LogP contribution in [-0.4, -0.2) is 39.3 Å². The first-order valence-corrected chi connectivity index (χ1v) is 6.95. The summed E-state index contributed by atoms with van der Waals surface area (Å²) in [5.41, 5.74) is 1.28. The van der Waals surface area contributed by atoms with Crippen LogP contribution in [0.1, 0.15) is 6.42 Å². The van der Waals surface area contributed by atoms with Gasteiger partial charge < -0.3 is 10.0 Å². The molecular formula is C11H16N2O4S. The molecule has 0 saturated heterocycles. The fourth-order valence-corrected chi connectivity index (χ4v) is 2.33. The third-order valence-electron chi connectivity index (χ3n) is 2.22. The number of anilines is 2. The van der Waals surface area contributed by atoms with E-state index in [9.17, 15) is 13.2 Å². The number of aliphatic carboxylic acids is 1. The van der Waals surface area contributed by atoms with Crippen LogP contribution in [0.25, 0.3) is 0 Å². The lowest BCUT2D eigenvalue weighted by atomic mass is 10.3. The highest BCUT2D eigenvalue weighted by Crippen LogP contribution is 2.18. The molecule has 1 aromatic rings. The summed E-state index contributed by atoms with van der Waals surface area (Å²) in [5.74, 6) is -1.57. The second-order valence-corrected chi connectivity index (χ2v) is 5.85. The maximum absolute atomic E-state index is 11.6. The van der Waals surface area contributed by atoms with Crippen LogP contribution >= 0.6 is 0 Å². The van der Waals surface area contributed by atoms with Gasteiger partial charge in [0.15, 0.2) is 0 Å². The number of sulfonamides is 1. The van der Waals surface area contributed by atoms with Gasteiger partial charge in [-0.1, -0.05) is 6.07 Å². The molecule has 6 nitrogen and oxygen atoms in total. The maximum atomic E-state index is 11.6. The van der Waals surface area contributed by atoms with Crippen LogP contribution in [0.2, 0.25) is 0 Å². The largest absolute Gasteiger partial charge is 0.481 e. The van der Waals surface area contributed by atoms with E-state index in [1.807, 2.05) is 25.1 Å². The van der Waals surface area contributed by atoms with Gasteiger partial charge in [0.25, 0.3) is 0 Å². The molecular weight excluding hydrogens is 256 g/mol. The molecule has 0 atom stereocenters. The van der Waals surface area contributed by atoms with E-state index in [1.54, 1.807) is 18.2 Å². The summed E-state index contributed by atoms with van der Waals surface area (Å²) in [6, 6.07) is 6.86. The van der Waals surface area contributed by atoms with E-state index in [0.29, 0.717) is 5.69 Å². The number of nitrogens with one attached hydrogen (secondary N) is 1. The Labute approximate surface area is 106 Å². The summed E-state index contributed by atoms with van der Waals surface area (Å²) < 4.78 is 25.5. The van der Waals surface area contributed by atoms with Gasteiger partial charge in [0.1, 0.15) is 0 Å². The zero-order chi connectivity index (χ0) is 13.8. The molecule has 0 unspecified atom stereocenters. The first kappa shape index (κ1) is 14.3. The molecule has 0 aliphatic rings. The Bertz CT molecular complexity index is 526. The standard InChI is InChI=1S/C11H16N2O4S/c1-13(2)10-5-3-4-9(8-10)12-18(16,17)7-6-11(14)15/h3-5,8,12H,6-7H2,1-2H3,(H,14,15). The van der Waals surface area contributed by atoms with E-state index < -0.39 is 28.2 Å². The van der Waals surface area contributed by atoms with Gasteiger partial charge in [-0.25, -0.2) is 8.42 Å². The Morgan fingerprint density at radius 1 is 1.39 bits per heavy atom. The van der Waals surface area contributed by atoms with E-state index in [4.69, 9.17) is 5.11 Å². The predicted molar refractivity (Wildman–Crippen MR) is 70.4 cm³/mol. The SMILES string of the molecule is CN(C)c1cccc(NS(=O)(=O)CCC(=O)O)c1. The molecule has 0 heterocycles. The Kier molecular flexibility index (Phi) is 4.55. The van der Waals surface area contributed by atoms with E-state index in [2.05, 4.69) is 4.72 Å². The molecule has 7 heteroatoms. The van der Waals surface area contributed by atoms with Crippen LogP contribution in [0.4, 0.5) is 11.4 Å². The number of benzene rings is 1. The van der Waals surface area contributed by atoms with Gasteiger partial charge in [-0.05, 0) is 18.2 Å². The number of hydrogen-bond donors (Lipinski definition) is 2. The zero-order valence-corrected chi connectivity index (χ0v) is 11.1. The lowest BCUT2D eigenvalue weighted by Gasteiger charge is -2.14. The molecule has 0 aromatic heterocycles. The molecule has 0 saturated carbocycles. The third kappa shape index (κ3) is 4.62. The lowest BCUT2D eigenvalue weighted by molar-refractivity contribution is -0.136. The van der Waals surface area contributed by atoms with Crippen molar-refractivity contribution in [3.63, 3.8) is 0 Å². The maximum Gasteiger partial charge on any atom is 0.304 e. The highest BCUT2D eigenvalue weighted by atomic mass is 32.2. The minimum absolute atomic E-state index is 0.414.